The van der Waals surface area contributed by atoms with Crippen molar-refractivity contribution < 1.29 is 14.6 Å². The quantitative estimate of drug-likeness (QED) is 0.840. The highest BCUT2D eigenvalue weighted by Crippen LogP contribution is 2.11. The lowest BCUT2D eigenvalue weighted by molar-refractivity contribution is 0.0697. The first-order chi connectivity index (χ1) is 12.2. The predicted octanol–water partition coefficient (Wildman–Crippen LogP) is 2.58. The molecular formula is C20H24N2O3. The largest absolute Gasteiger partial charge is 0.492 e. The smallest absolute Gasteiger partial charge is 0.335 e. The fourth-order valence-electron chi connectivity index (χ4n) is 2.99. The summed E-state index contributed by atoms with van der Waals surface area (Å²) in [5, 5.41) is 8.94. The number of piperazine rings is 1. The first-order valence-corrected chi connectivity index (χ1v) is 8.65. The maximum Gasteiger partial charge on any atom is 0.335 e. The maximum absolute atomic E-state index is 10.9. The highest BCUT2D eigenvalue weighted by Gasteiger charge is 2.17. The minimum Gasteiger partial charge on any atom is -0.492 e. The van der Waals surface area contributed by atoms with Crippen LogP contribution in [0.2, 0.25) is 0 Å². The second kappa shape index (κ2) is 8.65. The van der Waals surface area contributed by atoms with E-state index in [1.54, 1.807) is 12.1 Å². The van der Waals surface area contributed by atoms with E-state index in [2.05, 4.69) is 9.80 Å². The average molecular weight is 340 g/mol. The minimum absolute atomic E-state index is 0.340. The van der Waals surface area contributed by atoms with Gasteiger partial charge < -0.3 is 9.84 Å². The Morgan fingerprint density at radius 1 is 0.920 bits per heavy atom. The van der Waals surface area contributed by atoms with Gasteiger partial charge in [0.25, 0.3) is 0 Å². The zero-order chi connectivity index (χ0) is 17.5. The van der Waals surface area contributed by atoms with Gasteiger partial charge in [-0.3, -0.25) is 9.80 Å². The standard InChI is InChI=1S/C20H24N2O3/c23-20(24)18-8-6-17(7-9-18)16-22-12-10-21(11-13-22)14-15-25-19-4-2-1-3-5-19/h1-9H,10-16H2,(H,23,24). The third-order valence-corrected chi connectivity index (χ3v) is 4.49. The molecule has 132 valence electrons. The van der Waals surface area contributed by atoms with Gasteiger partial charge in [0, 0.05) is 39.3 Å². The van der Waals surface area contributed by atoms with Crippen LogP contribution in [0.1, 0.15) is 15.9 Å². The Hall–Kier alpha value is -2.37. The van der Waals surface area contributed by atoms with Crippen molar-refractivity contribution in [1.82, 2.24) is 9.80 Å². The summed E-state index contributed by atoms with van der Waals surface area (Å²) in [4.78, 5) is 15.7. The van der Waals surface area contributed by atoms with Gasteiger partial charge >= 0.3 is 5.97 Å². The van der Waals surface area contributed by atoms with Crippen molar-refractivity contribution in [2.75, 3.05) is 39.3 Å². The number of nitrogens with zero attached hydrogens (tertiary/aromatic N) is 2. The number of benzene rings is 2. The van der Waals surface area contributed by atoms with Crippen LogP contribution < -0.4 is 4.74 Å². The van der Waals surface area contributed by atoms with Crippen LogP contribution in [0.5, 0.6) is 5.75 Å². The van der Waals surface area contributed by atoms with Crippen LogP contribution in [0.15, 0.2) is 54.6 Å². The van der Waals surface area contributed by atoms with Crippen LogP contribution in [0.3, 0.4) is 0 Å². The van der Waals surface area contributed by atoms with Crippen LogP contribution in [0.4, 0.5) is 0 Å². The van der Waals surface area contributed by atoms with Crippen molar-refractivity contribution in [1.29, 1.82) is 0 Å². The van der Waals surface area contributed by atoms with Gasteiger partial charge in [0.1, 0.15) is 12.4 Å². The molecule has 1 aliphatic heterocycles. The Labute approximate surface area is 148 Å². The lowest BCUT2D eigenvalue weighted by atomic mass is 10.1. The molecule has 2 aromatic rings. The molecule has 0 aromatic heterocycles. The highest BCUT2D eigenvalue weighted by atomic mass is 16.5. The lowest BCUT2D eigenvalue weighted by Gasteiger charge is -2.34. The number of carbonyl (C=O) groups is 1. The van der Waals surface area contributed by atoms with E-state index in [1.807, 2.05) is 42.5 Å². The number of ether oxygens (including phenoxy) is 1. The number of carboxylic acid groups (broad SMARTS) is 1. The van der Waals surface area contributed by atoms with Crippen LogP contribution in [-0.2, 0) is 6.54 Å². The van der Waals surface area contributed by atoms with E-state index >= 15 is 0 Å². The van der Waals surface area contributed by atoms with Crippen molar-refractivity contribution in [2.24, 2.45) is 0 Å². The molecule has 2 aromatic carbocycles. The molecule has 0 unspecified atom stereocenters. The van der Waals surface area contributed by atoms with Crippen molar-refractivity contribution >= 4 is 5.97 Å². The molecule has 1 saturated heterocycles. The van der Waals surface area contributed by atoms with Gasteiger partial charge in [0.05, 0.1) is 5.56 Å². The minimum atomic E-state index is -0.877. The van der Waals surface area contributed by atoms with E-state index in [4.69, 9.17) is 9.84 Å². The summed E-state index contributed by atoms with van der Waals surface area (Å²) in [6.07, 6.45) is 0. The molecule has 5 heteroatoms. The molecule has 3 rings (SSSR count). The first kappa shape index (κ1) is 17.5. The average Bonchev–Trinajstić information content (AvgIpc) is 2.64. The molecule has 1 N–H and O–H groups in total. The third kappa shape index (κ3) is 5.31. The van der Waals surface area contributed by atoms with Gasteiger partial charge in [-0.15, -0.1) is 0 Å². The van der Waals surface area contributed by atoms with E-state index < -0.39 is 5.97 Å². The molecule has 1 heterocycles. The summed E-state index contributed by atoms with van der Waals surface area (Å²) in [5.74, 6) is 0.0452. The Balaban J connectivity index is 1.37. The molecule has 5 nitrogen and oxygen atoms in total. The van der Waals surface area contributed by atoms with Crippen LogP contribution in [-0.4, -0.2) is 60.2 Å². The van der Waals surface area contributed by atoms with Crippen molar-refractivity contribution in [3.8, 4) is 5.75 Å². The van der Waals surface area contributed by atoms with Gasteiger partial charge in [-0.05, 0) is 29.8 Å². The van der Waals surface area contributed by atoms with Gasteiger partial charge in [-0.1, -0.05) is 30.3 Å². The second-order valence-corrected chi connectivity index (χ2v) is 6.28. The van der Waals surface area contributed by atoms with E-state index in [1.165, 1.54) is 0 Å². The maximum atomic E-state index is 10.9. The molecule has 0 bridgehead atoms. The molecule has 0 atom stereocenters. The normalized spacial score (nSPS) is 15.8. The third-order valence-electron chi connectivity index (χ3n) is 4.49. The molecule has 25 heavy (non-hydrogen) atoms. The van der Waals surface area contributed by atoms with E-state index in [0.29, 0.717) is 12.2 Å². The van der Waals surface area contributed by atoms with Crippen LogP contribution in [0.25, 0.3) is 0 Å². The highest BCUT2D eigenvalue weighted by molar-refractivity contribution is 5.87. The molecule has 1 fully saturated rings. The molecule has 0 spiro atoms. The fourth-order valence-corrected chi connectivity index (χ4v) is 2.99. The Morgan fingerprint density at radius 2 is 1.56 bits per heavy atom. The summed E-state index contributed by atoms with van der Waals surface area (Å²) in [6.45, 7) is 6.62. The van der Waals surface area contributed by atoms with E-state index in [-0.39, 0.29) is 0 Å². The number of hydrogen-bond acceptors (Lipinski definition) is 4. The first-order valence-electron chi connectivity index (χ1n) is 8.65. The fraction of sp³-hybridized carbons (Fsp3) is 0.350. The molecule has 0 aliphatic carbocycles. The number of carboxylic acids is 1. The summed E-state index contributed by atoms with van der Waals surface area (Å²) in [6, 6.07) is 17.1. The predicted molar refractivity (Wildman–Crippen MR) is 97.1 cm³/mol. The second-order valence-electron chi connectivity index (χ2n) is 6.28. The van der Waals surface area contributed by atoms with Crippen LogP contribution >= 0.6 is 0 Å². The van der Waals surface area contributed by atoms with E-state index in [0.717, 1.165) is 50.6 Å². The Bertz CT molecular complexity index is 665. The number of aromatic carboxylic acids is 1. The SMILES string of the molecule is O=C(O)c1ccc(CN2CCN(CCOc3ccccc3)CC2)cc1. The number of hydrogen-bond donors (Lipinski definition) is 1. The van der Waals surface area contributed by atoms with Crippen molar-refractivity contribution in [2.45, 2.75) is 6.54 Å². The van der Waals surface area contributed by atoms with Gasteiger partial charge in [-0.25, -0.2) is 4.79 Å². The molecule has 0 radical (unpaired) electrons. The molecule has 0 saturated carbocycles. The monoisotopic (exact) mass is 340 g/mol. The molecule has 1 aliphatic rings. The summed E-state index contributed by atoms with van der Waals surface area (Å²) in [7, 11) is 0. The van der Waals surface area contributed by atoms with Gasteiger partial charge in [0.2, 0.25) is 0 Å². The zero-order valence-electron chi connectivity index (χ0n) is 14.3. The summed E-state index contributed by atoms with van der Waals surface area (Å²) in [5.41, 5.74) is 1.50. The van der Waals surface area contributed by atoms with Crippen LogP contribution in [0, 0.1) is 0 Å². The summed E-state index contributed by atoms with van der Waals surface area (Å²) < 4.78 is 5.76. The van der Waals surface area contributed by atoms with Crippen molar-refractivity contribution in [3.63, 3.8) is 0 Å². The van der Waals surface area contributed by atoms with Crippen molar-refractivity contribution in [3.05, 3.63) is 65.7 Å². The van der Waals surface area contributed by atoms with Gasteiger partial charge in [0.15, 0.2) is 0 Å². The Morgan fingerprint density at radius 3 is 2.20 bits per heavy atom. The number of rotatable bonds is 7. The Kier molecular flexibility index (Phi) is 6.04. The molecule has 0 amide bonds. The number of para-hydroxylation sites is 1. The van der Waals surface area contributed by atoms with E-state index in [9.17, 15) is 4.79 Å². The lowest BCUT2D eigenvalue weighted by Crippen LogP contribution is -2.47. The molecular weight excluding hydrogens is 316 g/mol. The topological polar surface area (TPSA) is 53.0 Å². The zero-order valence-corrected chi connectivity index (χ0v) is 14.3. The van der Waals surface area contributed by atoms with Gasteiger partial charge in [-0.2, -0.15) is 0 Å². The summed E-state index contributed by atoms with van der Waals surface area (Å²) >= 11 is 0.